The first-order valence-electron chi connectivity index (χ1n) is 11.5. The van der Waals surface area contributed by atoms with Gasteiger partial charge in [0, 0.05) is 37.5 Å². The predicted octanol–water partition coefficient (Wildman–Crippen LogP) is 3.57. The summed E-state index contributed by atoms with van der Waals surface area (Å²) in [5.74, 6) is -0.318. The van der Waals surface area contributed by atoms with E-state index in [1.807, 2.05) is 16.7 Å². The first-order chi connectivity index (χ1) is 16.9. The normalized spacial score (nSPS) is 16.0. The Morgan fingerprint density at radius 1 is 1.14 bits per heavy atom. The van der Waals surface area contributed by atoms with Crippen molar-refractivity contribution >= 4 is 28.6 Å². The highest BCUT2D eigenvalue weighted by atomic mass is 19.1. The number of methoxy groups -OCH3 is 2. The molecule has 186 valence electrons. The smallest absolute Gasteiger partial charge is 0.228 e. The summed E-state index contributed by atoms with van der Waals surface area (Å²) < 4.78 is 38.7. The lowest BCUT2D eigenvalue weighted by Gasteiger charge is -2.41. The third-order valence-corrected chi connectivity index (χ3v) is 6.40. The molecule has 35 heavy (non-hydrogen) atoms. The van der Waals surface area contributed by atoms with E-state index in [-0.39, 0.29) is 40.6 Å². The van der Waals surface area contributed by atoms with Gasteiger partial charge in [0.1, 0.15) is 17.2 Å². The van der Waals surface area contributed by atoms with Crippen molar-refractivity contribution in [3.63, 3.8) is 0 Å². The Kier molecular flexibility index (Phi) is 7.18. The van der Waals surface area contributed by atoms with Crippen molar-refractivity contribution in [2.75, 3.05) is 44.5 Å². The molecule has 4 rings (SSSR count). The van der Waals surface area contributed by atoms with Gasteiger partial charge in [-0.3, -0.25) is 4.79 Å². The van der Waals surface area contributed by atoms with E-state index in [9.17, 15) is 9.18 Å². The summed E-state index contributed by atoms with van der Waals surface area (Å²) in [6.45, 7) is 3.48. The van der Waals surface area contributed by atoms with Gasteiger partial charge in [0.2, 0.25) is 11.9 Å². The summed E-state index contributed by atoms with van der Waals surface area (Å²) in [5.41, 5.74) is 7.16. The number of aromatic nitrogens is 2. The average Bonchev–Trinajstić information content (AvgIpc) is 2.87. The summed E-state index contributed by atoms with van der Waals surface area (Å²) in [6.07, 6.45) is 1.62. The number of nitrogens with two attached hydrogens (primary N) is 1. The van der Waals surface area contributed by atoms with Gasteiger partial charge in [-0.2, -0.15) is 4.98 Å². The minimum atomic E-state index is -0.667. The molecule has 2 N–H and O–H groups in total. The highest BCUT2D eigenvalue weighted by Crippen LogP contribution is 2.38. The molecule has 0 aliphatic carbocycles. The zero-order valence-electron chi connectivity index (χ0n) is 20.1. The molecule has 1 aliphatic heterocycles. The second kappa shape index (κ2) is 10.3. The van der Waals surface area contributed by atoms with Crippen LogP contribution in [0.25, 0.3) is 10.9 Å². The minimum Gasteiger partial charge on any atom is -0.493 e. The summed E-state index contributed by atoms with van der Waals surface area (Å²) in [7, 11) is 2.78. The van der Waals surface area contributed by atoms with Crippen LogP contribution < -0.4 is 20.1 Å². The van der Waals surface area contributed by atoms with Crippen molar-refractivity contribution in [1.82, 2.24) is 14.9 Å². The number of nitrogens with zero attached hydrogens (tertiary/aromatic N) is 4. The van der Waals surface area contributed by atoms with E-state index in [1.165, 1.54) is 26.4 Å². The number of benzene rings is 2. The van der Waals surface area contributed by atoms with Gasteiger partial charge >= 0.3 is 0 Å². The first kappa shape index (κ1) is 24.4. The van der Waals surface area contributed by atoms with Gasteiger partial charge in [-0.25, -0.2) is 13.8 Å². The number of anilines is 2. The topological polar surface area (TPSA) is 93.8 Å². The predicted molar refractivity (Wildman–Crippen MR) is 130 cm³/mol. The molecule has 1 aromatic heterocycles. The Bertz CT molecular complexity index is 1220. The molecule has 1 atom stereocenters. The van der Waals surface area contributed by atoms with Crippen LogP contribution in [0.3, 0.4) is 0 Å². The second-order valence-electron chi connectivity index (χ2n) is 8.45. The van der Waals surface area contributed by atoms with Crippen molar-refractivity contribution in [3.05, 3.63) is 47.5 Å². The number of ether oxygens (including phenoxy) is 2. The molecule has 0 saturated carbocycles. The number of nitrogen functional groups attached to an aromatic ring is 1. The third-order valence-electron chi connectivity index (χ3n) is 6.40. The number of hydrogen-bond acceptors (Lipinski definition) is 7. The molecule has 0 bridgehead atoms. The quantitative estimate of drug-likeness (QED) is 0.547. The Morgan fingerprint density at radius 3 is 2.54 bits per heavy atom. The van der Waals surface area contributed by atoms with Gasteiger partial charge in [0.15, 0.2) is 17.3 Å². The Labute approximate surface area is 202 Å². The fraction of sp³-hybridized carbons (Fsp3) is 0.400. The second-order valence-corrected chi connectivity index (χ2v) is 8.45. The van der Waals surface area contributed by atoms with Crippen LogP contribution in [0.15, 0.2) is 30.3 Å². The SMILES string of the molecule is CCC1CN(C(=O)CCc2ccc(F)cc2)CCN1c1nc(N)c2cc(OC)c(OC)c(F)c2n1. The highest BCUT2D eigenvalue weighted by molar-refractivity contribution is 5.92. The molecule has 0 spiro atoms. The van der Waals surface area contributed by atoms with Crippen LogP contribution in [0.2, 0.25) is 0 Å². The molecule has 1 aliphatic rings. The van der Waals surface area contributed by atoms with Gasteiger partial charge in [0.05, 0.1) is 14.2 Å². The number of amides is 1. The Hall–Kier alpha value is -3.69. The average molecular weight is 486 g/mol. The number of rotatable bonds is 7. The monoisotopic (exact) mass is 485 g/mol. The molecule has 2 aromatic carbocycles. The molecular weight excluding hydrogens is 456 g/mol. The van der Waals surface area contributed by atoms with E-state index in [0.717, 1.165) is 12.0 Å². The van der Waals surface area contributed by atoms with Gasteiger partial charge in [-0.1, -0.05) is 19.1 Å². The Morgan fingerprint density at radius 2 is 1.89 bits per heavy atom. The maximum Gasteiger partial charge on any atom is 0.228 e. The van der Waals surface area contributed by atoms with Gasteiger partial charge in [-0.05, 0) is 36.6 Å². The molecule has 2 heterocycles. The van der Waals surface area contributed by atoms with E-state index in [2.05, 4.69) is 9.97 Å². The van der Waals surface area contributed by atoms with Gasteiger partial charge < -0.3 is 25.0 Å². The van der Waals surface area contributed by atoms with E-state index in [4.69, 9.17) is 15.2 Å². The maximum absolute atomic E-state index is 15.2. The van der Waals surface area contributed by atoms with Crippen molar-refractivity contribution in [2.24, 2.45) is 0 Å². The molecule has 3 aromatic rings. The fourth-order valence-electron chi connectivity index (χ4n) is 4.42. The number of carbonyl (C=O) groups is 1. The lowest BCUT2D eigenvalue weighted by Crippen LogP contribution is -2.55. The van der Waals surface area contributed by atoms with Crippen molar-refractivity contribution in [1.29, 1.82) is 0 Å². The summed E-state index contributed by atoms with van der Waals surface area (Å²) in [6, 6.07) is 7.69. The molecule has 8 nitrogen and oxygen atoms in total. The van der Waals surface area contributed by atoms with Crippen LogP contribution in [0.5, 0.6) is 11.5 Å². The van der Waals surface area contributed by atoms with Crippen molar-refractivity contribution in [3.8, 4) is 11.5 Å². The molecule has 1 unspecified atom stereocenters. The van der Waals surface area contributed by atoms with Crippen LogP contribution in [0, 0.1) is 11.6 Å². The van der Waals surface area contributed by atoms with Crippen LogP contribution in [-0.4, -0.2) is 60.7 Å². The minimum absolute atomic E-state index is 0.0363. The molecule has 1 amide bonds. The zero-order valence-corrected chi connectivity index (χ0v) is 20.1. The summed E-state index contributed by atoms with van der Waals surface area (Å²) in [4.78, 5) is 25.6. The fourth-order valence-corrected chi connectivity index (χ4v) is 4.42. The zero-order chi connectivity index (χ0) is 25.1. The van der Waals surface area contributed by atoms with Gasteiger partial charge in [-0.15, -0.1) is 0 Å². The largest absolute Gasteiger partial charge is 0.493 e. The van der Waals surface area contributed by atoms with E-state index >= 15 is 4.39 Å². The molecule has 10 heteroatoms. The highest BCUT2D eigenvalue weighted by Gasteiger charge is 2.31. The lowest BCUT2D eigenvalue weighted by atomic mass is 10.1. The molecular formula is C25H29F2N5O3. The van der Waals surface area contributed by atoms with Crippen LogP contribution in [0.4, 0.5) is 20.5 Å². The van der Waals surface area contributed by atoms with Crippen LogP contribution >= 0.6 is 0 Å². The number of aryl methyl sites for hydroxylation is 1. The number of hydrogen-bond donors (Lipinski definition) is 1. The number of fused-ring (bicyclic) bond motifs is 1. The van der Waals surface area contributed by atoms with Gasteiger partial charge in [0.25, 0.3) is 0 Å². The summed E-state index contributed by atoms with van der Waals surface area (Å²) in [5, 5.41) is 0.339. The molecule has 0 radical (unpaired) electrons. The summed E-state index contributed by atoms with van der Waals surface area (Å²) >= 11 is 0. The van der Waals surface area contributed by atoms with Crippen molar-refractivity contribution < 1.29 is 23.0 Å². The number of carbonyl (C=O) groups excluding carboxylic acids is 1. The number of piperazine rings is 1. The molecule has 1 saturated heterocycles. The van der Waals surface area contributed by atoms with Crippen molar-refractivity contribution in [2.45, 2.75) is 32.2 Å². The number of halogens is 2. The van der Waals surface area contributed by atoms with E-state index in [0.29, 0.717) is 43.8 Å². The van der Waals surface area contributed by atoms with Crippen LogP contribution in [0.1, 0.15) is 25.3 Å². The third kappa shape index (κ3) is 4.91. The maximum atomic E-state index is 15.2. The molecule has 1 fully saturated rings. The van der Waals surface area contributed by atoms with E-state index in [1.54, 1.807) is 18.2 Å². The van der Waals surface area contributed by atoms with E-state index < -0.39 is 5.82 Å². The lowest BCUT2D eigenvalue weighted by molar-refractivity contribution is -0.132. The van der Waals surface area contributed by atoms with Crippen LogP contribution in [-0.2, 0) is 11.2 Å². The first-order valence-corrected chi connectivity index (χ1v) is 11.5. The standard InChI is InChI=1S/C25H29F2N5O3/c1-4-17-14-31(20(33)10-7-15-5-8-16(26)9-6-15)11-12-32(17)25-29-22-18(24(28)30-25)13-19(34-2)23(35-3)21(22)27/h5-6,8-9,13,17H,4,7,10-12,14H2,1-3H3,(H2,28,29,30). The Balaban J connectivity index is 1.52.